The molecule has 0 bridgehead atoms. The summed E-state index contributed by atoms with van der Waals surface area (Å²) in [6, 6.07) is 8.20. The molecule has 3 rings (SSSR count). The lowest BCUT2D eigenvalue weighted by Crippen LogP contribution is -2.48. The minimum atomic E-state index is 0.0389. The Hall–Kier alpha value is -1.35. The number of carbonyl (C=O) groups excluding carboxylic acids is 1. The summed E-state index contributed by atoms with van der Waals surface area (Å²) in [6.45, 7) is 2.00. The predicted octanol–water partition coefficient (Wildman–Crippen LogP) is 1.65. The molecule has 84 valence electrons. The fourth-order valence-corrected chi connectivity index (χ4v) is 3.00. The van der Waals surface area contributed by atoms with E-state index in [2.05, 4.69) is 22.8 Å². The molecule has 0 radical (unpaired) electrons. The quantitative estimate of drug-likeness (QED) is 0.692. The molecule has 1 fully saturated rings. The van der Waals surface area contributed by atoms with Gasteiger partial charge in [0.2, 0.25) is 5.91 Å². The van der Waals surface area contributed by atoms with Gasteiger partial charge in [-0.15, -0.1) is 0 Å². The van der Waals surface area contributed by atoms with Crippen LogP contribution in [0.1, 0.15) is 24.8 Å². The van der Waals surface area contributed by atoms with E-state index in [4.69, 9.17) is 0 Å². The van der Waals surface area contributed by atoms with Crippen LogP contribution in [-0.4, -0.2) is 19.0 Å². The van der Waals surface area contributed by atoms with Crippen LogP contribution in [0.4, 0.5) is 5.69 Å². The average Bonchev–Trinajstić information content (AvgIpc) is 2.30. The first-order valence-corrected chi connectivity index (χ1v) is 5.90. The van der Waals surface area contributed by atoms with Crippen molar-refractivity contribution in [2.75, 3.05) is 18.4 Å². The van der Waals surface area contributed by atoms with Gasteiger partial charge in [-0.25, -0.2) is 0 Å². The standard InChI is InChI=1S/C13H16N2O/c16-12-8-13(6-3-7-14-9-13)10-4-1-2-5-11(10)15-12/h1-2,4-5,14H,3,6-9H2,(H,15,16). The highest BCUT2D eigenvalue weighted by molar-refractivity contribution is 5.95. The number of hydrogen-bond acceptors (Lipinski definition) is 2. The first-order chi connectivity index (χ1) is 7.80. The van der Waals surface area contributed by atoms with Crippen LogP contribution in [0, 0.1) is 0 Å². The zero-order chi connectivity index (χ0) is 11.0. The summed E-state index contributed by atoms with van der Waals surface area (Å²) in [4.78, 5) is 11.8. The van der Waals surface area contributed by atoms with Gasteiger partial charge in [0, 0.05) is 24.1 Å². The van der Waals surface area contributed by atoms with Crippen molar-refractivity contribution in [3.63, 3.8) is 0 Å². The Morgan fingerprint density at radius 3 is 2.94 bits per heavy atom. The molecule has 1 aromatic carbocycles. The van der Waals surface area contributed by atoms with Crippen molar-refractivity contribution in [2.45, 2.75) is 24.7 Å². The molecule has 2 aliphatic heterocycles. The number of para-hydroxylation sites is 1. The second-order valence-corrected chi connectivity index (χ2v) is 4.83. The fourth-order valence-electron chi connectivity index (χ4n) is 3.00. The molecule has 1 amide bonds. The maximum Gasteiger partial charge on any atom is 0.225 e. The minimum absolute atomic E-state index is 0.0389. The molecule has 1 spiro atoms. The normalized spacial score (nSPS) is 28.6. The van der Waals surface area contributed by atoms with Crippen molar-refractivity contribution in [1.82, 2.24) is 5.32 Å². The van der Waals surface area contributed by atoms with Gasteiger partial charge in [0.1, 0.15) is 0 Å². The van der Waals surface area contributed by atoms with Crippen molar-refractivity contribution < 1.29 is 4.79 Å². The third-order valence-corrected chi connectivity index (χ3v) is 3.74. The number of benzene rings is 1. The molecule has 3 nitrogen and oxygen atoms in total. The van der Waals surface area contributed by atoms with E-state index in [1.807, 2.05) is 12.1 Å². The Morgan fingerprint density at radius 1 is 1.25 bits per heavy atom. The topological polar surface area (TPSA) is 41.1 Å². The Labute approximate surface area is 95.2 Å². The smallest absolute Gasteiger partial charge is 0.225 e. The highest BCUT2D eigenvalue weighted by Crippen LogP contribution is 2.41. The lowest BCUT2D eigenvalue weighted by atomic mass is 9.70. The van der Waals surface area contributed by atoms with E-state index in [0.29, 0.717) is 6.42 Å². The van der Waals surface area contributed by atoms with Crippen LogP contribution in [0.2, 0.25) is 0 Å². The zero-order valence-corrected chi connectivity index (χ0v) is 9.25. The molecule has 0 saturated carbocycles. The van der Waals surface area contributed by atoms with Gasteiger partial charge >= 0.3 is 0 Å². The van der Waals surface area contributed by atoms with Gasteiger partial charge in [-0.1, -0.05) is 18.2 Å². The van der Waals surface area contributed by atoms with Crippen molar-refractivity contribution in [2.24, 2.45) is 0 Å². The van der Waals surface area contributed by atoms with Crippen molar-refractivity contribution in [1.29, 1.82) is 0 Å². The summed E-state index contributed by atoms with van der Waals surface area (Å²) in [5.41, 5.74) is 2.35. The van der Waals surface area contributed by atoms with Gasteiger partial charge in [-0.05, 0) is 31.0 Å². The molecule has 1 atom stereocenters. The number of amides is 1. The van der Waals surface area contributed by atoms with Crippen LogP contribution in [0.3, 0.4) is 0 Å². The van der Waals surface area contributed by atoms with Gasteiger partial charge in [0.25, 0.3) is 0 Å². The van der Waals surface area contributed by atoms with Crippen molar-refractivity contribution >= 4 is 11.6 Å². The maximum absolute atomic E-state index is 11.8. The summed E-state index contributed by atoms with van der Waals surface area (Å²) in [5, 5.41) is 6.39. The molecule has 2 aliphatic rings. The third kappa shape index (κ3) is 1.43. The molecular weight excluding hydrogens is 200 g/mol. The van der Waals surface area contributed by atoms with E-state index in [0.717, 1.165) is 31.6 Å². The van der Waals surface area contributed by atoms with Crippen LogP contribution < -0.4 is 10.6 Å². The van der Waals surface area contributed by atoms with Gasteiger partial charge in [0.15, 0.2) is 0 Å². The van der Waals surface area contributed by atoms with Crippen LogP contribution in [0.25, 0.3) is 0 Å². The summed E-state index contributed by atoms with van der Waals surface area (Å²) in [7, 11) is 0. The number of carbonyl (C=O) groups is 1. The van der Waals surface area contributed by atoms with E-state index in [1.54, 1.807) is 0 Å². The summed E-state index contributed by atoms with van der Waals surface area (Å²) >= 11 is 0. The van der Waals surface area contributed by atoms with Crippen LogP contribution in [0.15, 0.2) is 24.3 Å². The van der Waals surface area contributed by atoms with Gasteiger partial charge < -0.3 is 10.6 Å². The summed E-state index contributed by atoms with van der Waals surface area (Å²) in [5.74, 6) is 0.155. The molecule has 2 N–H and O–H groups in total. The Balaban J connectivity index is 2.08. The van der Waals surface area contributed by atoms with Gasteiger partial charge in [-0.2, -0.15) is 0 Å². The monoisotopic (exact) mass is 216 g/mol. The first-order valence-electron chi connectivity index (χ1n) is 5.90. The molecule has 2 heterocycles. The first kappa shape index (κ1) is 9.85. The Morgan fingerprint density at radius 2 is 2.12 bits per heavy atom. The lowest BCUT2D eigenvalue weighted by molar-refractivity contribution is -0.118. The highest BCUT2D eigenvalue weighted by atomic mass is 16.1. The molecule has 3 heteroatoms. The summed E-state index contributed by atoms with van der Waals surface area (Å²) in [6.07, 6.45) is 2.89. The van der Waals surface area contributed by atoms with E-state index in [1.165, 1.54) is 5.56 Å². The SMILES string of the molecule is O=C1CC2(CCCNC2)c2ccccc2N1. The average molecular weight is 216 g/mol. The molecule has 0 aromatic heterocycles. The Kier molecular flexibility index (Phi) is 2.21. The predicted molar refractivity (Wildman–Crippen MR) is 63.5 cm³/mol. The molecular formula is C13H16N2O. The number of rotatable bonds is 0. The number of piperidine rings is 1. The molecule has 1 aromatic rings. The van der Waals surface area contributed by atoms with Gasteiger partial charge in [-0.3, -0.25) is 4.79 Å². The van der Waals surface area contributed by atoms with Crippen LogP contribution >= 0.6 is 0 Å². The number of fused-ring (bicyclic) bond motifs is 2. The van der Waals surface area contributed by atoms with E-state index in [9.17, 15) is 4.79 Å². The lowest BCUT2D eigenvalue weighted by Gasteiger charge is -2.41. The van der Waals surface area contributed by atoms with Gasteiger partial charge in [0.05, 0.1) is 0 Å². The molecule has 0 aliphatic carbocycles. The van der Waals surface area contributed by atoms with Crippen molar-refractivity contribution in [3.05, 3.63) is 29.8 Å². The highest BCUT2D eigenvalue weighted by Gasteiger charge is 2.40. The number of nitrogens with one attached hydrogen (secondary N) is 2. The fraction of sp³-hybridized carbons (Fsp3) is 0.462. The second kappa shape index (κ2) is 3.59. The molecule has 1 saturated heterocycles. The number of hydrogen-bond donors (Lipinski definition) is 2. The third-order valence-electron chi connectivity index (χ3n) is 3.74. The van der Waals surface area contributed by atoms with E-state index < -0.39 is 0 Å². The second-order valence-electron chi connectivity index (χ2n) is 4.83. The molecule has 16 heavy (non-hydrogen) atoms. The molecule has 1 unspecified atom stereocenters. The van der Waals surface area contributed by atoms with Crippen molar-refractivity contribution in [3.8, 4) is 0 Å². The maximum atomic E-state index is 11.8. The minimum Gasteiger partial charge on any atom is -0.326 e. The summed E-state index contributed by atoms with van der Waals surface area (Å²) < 4.78 is 0. The van der Waals surface area contributed by atoms with Crippen LogP contribution in [-0.2, 0) is 10.2 Å². The van der Waals surface area contributed by atoms with E-state index in [-0.39, 0.29) is 11.3 Å². The largest absolute Gasteiger partial charge is 0.326 e. The zero-order valence-electron chi connectivity index (χ0n) is 9.25. The number of anilines is 1. The van der Waals surface area contributed by atoms with Crippen LogP contribution in [0.5, 0.6) is 0 Å². The van der Waals surface area contributed by atoms with E-state index >= 15 is 0 Å². The Bertz CT molecular complexity index is 422.